The zero-order chi connectivity index (χ0) is 21.2. The SMILES string of the molecule is COc1cc(CNc2nc(Cl)ncc2OC)ccc1-c1nc(C(F)(F)F)cn1C. The van der Waals surface area contributed by atoms with Crippen LogP contribution in [0.5, 0.6) is 11.5 Å². The lowest BCUT2D eigenvalue weighted by molar-refractivity contribution is -0.140. The Morgan fingerprint density at radius 3 is 2.48 bits per heavy atom. The third-order valence-corrected chi connectivity index (χ3v) is 4.26. The van der Waals surface area contributed by atoms with Crippen LogP contribution < -0.4 is 14.8 Å². The summed E-state index contributed by atoms with van der Waals surface area (Å²) in [6.45, 7) is 0.342. The number of aryl methyl sites for hydroxylation is 1. The summed E-state index contributed by atoms with van der Waals surface area (Å²) in [5, 5.41) is 3.15. The van der Waals surface area contributed by atoms with E-state index in [9.17, 15) is 13.2 Å². The van der Waals surface area contributed by atoms with Crippen LogP contribution in [0.3, 0.4) is 0 Å². The molecular formula is C18H17ClF3N5O2. The van der Waals surface area contributed by atoms with E-state index < -0.39 is 11.9 Å². The van der Waals surface area contributed by atoms with E-state index in [1.54, 1.807) is 18.2 Å². The molecule has 3 rings (SSSR count). The van der Waals surface area contributed by atoms with Crippen molar-refractivity contribution in [3.63, 3.8) is 0 Å². The van der Waals surface area contributed by atoms with Crippen LogP contribution in [0.1, 0.15) is 11.3 Å². The highest BCUT2D eigenvalue weighted by atomic mass is 35.5. The number of methoxy groups -OCH3 is 2. The fourth-order valence-corrected chi connectivity index (χ4v) is 2.83. The summed E-state index contributed by atoms with van der Waals surface area (Å²) < 4.78 is 50.7. The van der Waals surface area contributed by atoms with Crippen molar-refractivity contribution in [3.8, 4) is 22.9 Å². The van der Waals surface area contributed by atoms with Crippen LogP contribution >= 0.6 is 11.6 Å². The van der Waals surface area contributed by atoms with E-state index in [2.05, 4.69) is 20.3 Å². The van der Waals surface area contributed by atoms with Gasteiger partial charge < -0.3 is 19.4 Å². The van der Waals surface area contributed by atoms with Gasteiger partial charge in [-0.05, 0) is 29.3 Å². The second kappa shape index (κ2) is 8.16. The molecule has 0 aliphatic rings. The van der Waals surface area contributed by atoms with Crippen molar-refractivity contribution in [2.45, 2.75) is 12.7 Å². The smallest absolute Gasteiger partial charge is 0.434 e. The third kappa shape index (κ3) is 4.53. The molecule has 0 atom stereocenters. The Morgan fingerprint density at radius 1 is 1.14 bits per heavy atom. The number of aromatic nitrogens is 4. The summed E-state index contributed by atoms with van der Waals surface area (Å²) in [6, 6.07) is 5.12. The van der Waals surface area contributed by atoms with E-state index in [-0.39, 0.29) is 11.1 Å². The number of hydrogen-bond acceptors (Lipinski definition) is 6. The second-order valence-electron chi connectivity index (χ2n) is 6.00. The molecule has 1 N–H and O–H groups in total. The molecule has 29 heavy (non-hydrogen) atoms. The topological polar surface area (TPSA) is 74.1 Å². The average Bonchev–Trinajstić information content (AvgIpc) is 3.08. The summed E-state index contributed by atoms with van der Waals surface area (Å²) in [4.78, 5) is 11.6. The Hall–Kier alpha value is -3.01. The van der Waals surface area contributed by atoms with Crippen LogP contribution in [0.2, 0.25) is 5.28 Å². The third-order valence-electron chi connectivity index (χ3n) is 4.08. The maximum absolute atomic E-state index is 12.9. The first kappa shape index (κ1) is 20.7. The van der Waals surface area contributed by atoms with Crippen molar-refractivity contribution in [1.29, 1.82) is 0 Å². The molecule has 0 amide bonds. The van der Waals surface area contributed by atoms with Gasteiger partial charge in [0, 0.05) is 19.8 Å². The van der Waals surface area contributed by atoms with Crippen LogP contribution in [0.25, 0.3) is 11.4 Å². The lowest BCUT2D eigenvalue weighted by atomic mass is 10.1. The second-order valence-corrected chi connectivity index (χ2v) is 6.34. The van der Waals surface area contributed by atoms with Gasteiger partial charge in [0.2, 0.25) is 5.28 Å². The van der Waals surface area contributed by atoms with Crippen LogP contribution in [0.4, 0.5) is 19.0 Å². The van der Waals surface area contributed by atoms with Gasteiger partial charge in [0.05, 0.1) is 26.0 Å². The zero-order valence-corrected chi connectivity index (χ0v) is 16.5. The molecular weight excluding hydrogens is 411 g/mol. The number of benzene rings is 1. The van der Waals surface area contributed by atoms with Gasteiger partial charge in [0.25, 0.3) is 0 Å². The molecule has 0 aliphatic heterocycles. The molecule has 0 aliphatic carbocycles. The summed E-state index contributed by atoms with van der Waals surface area (Å²) in [6.07, 6.45) is -2.14. The average molecular weight is 428 g/mol. The van der Waals surface area contributed by atoms with E-state index in [1.807, 2.05) is 0 Å². The first-order chi connectivity index (χ1) is 13.7. The highest BCUT2D eigenvalue weighted by Gasteiger charge is 2.34. The maximum atomic E-state index is 12.9. The van der Waals surface area contributed by atoms with Gasteiger partial charge in [0.15, 0.2) is 17.3 Å². The fraction of sp³-hybridized carbons (Fsp3) is 0.278. The number of alkyl halides is 3. The molecule has 0 bridgehead atoms. The van der Waals surface area contributed by atoms with Gasteiger partial charge in [-0.15, -0.1) is 0 Å². The largest absolute Gasteiger partial charge is 0.496 e. The molecule has 0 saturated carbocycles. The number of nitrogens with one attached hydrogen (secondary N) is 1. The minimum atomic E-state index is -4.52. The Balaban J connectivity index is 1.87. The molecule has 2 aromatic heterocycles. The number of nitrogens with zero attached hydrogens (tertiary/aromatic N) is 4. The predicted molar refractivity (Wildman–Crippen MR) is 101 cm³/mol. The number of halogens is 4. The van der Waals surface area contributed by atoms with Gasteiger partial charge in [-0.2, -0.15) is 18.2 Å². The van der Waals surface area contributed by atoms with Gasteiger partial charge in [0.1, 0.15) is 11.6 Å². The Bertz CT molecular complexity index is 1020. The molecule has 0 saturated heterocycles. The number of hydrogen-bond donors (Lipinski definition) is 1. The molecule has 0 radical (unpaired) electrons. The van der Waals surface area contributed by atoms with Gasteiger partial charge in [-0.1, -0.05) is 6.07 Å². The Labute approximate surface area is 169 Å². The quantitative estimate of drug-likeness (QED) is 0.595. The molecule has 3 aromatic rings. The molecule has 0 unspecified atom stereocenters. The van der Waals surface area contributed by atoms with Gasteiger partial charge in [-0.3, -0.25) is 0 Å². The van der Waals surface area contributed by atoms with E-state index in [1.165, 1.54) is 32.0 Å². The number of rotatable bonds is 6. The number of anilines is 1. The summed E-state index contributed by atoms with van der Waals surface area (Å²) in [5.41, 5.74) is 0.278. The Kier molecular flexibility index (Phi) is 5.83. The van der Waals surface area contributed by atoms with Crippen LogP contribution in [0, 0.1) is 0 Å². The molecule has 1 aromatic carbocycles. The standard InChI is InChI=1S/C18H17ClF3N5O2/c1-27-9-14(18(20,21)22)25-16(27)11-5-4-10(6-12(11)28-2)7-23-15-13(29-3)8-24-17(19)26-15/h4-6,8-9H,7H2,1-3H3,(H,23,24,26). The van der Waals surface area contributed by atoms with Gasteiger partial charge in [-0.25, -0.2) is 9.97 Å². The normalized spacial score (nSPS) is 11.4. The van der Waals surface area contributed by atoms with Crippen molar-refractivity contribution < 1.29 is 22.6 Å². The highest BCUT2D eigenvalue weighted by Crippen LogP contribution is 2.34. The summed E-state index contributed by atoms with van der Waals surface area (Å²) >= 11 is 5.81. The van der Waals surface area contributed by atoms with E-state index >= 15 is 0 Å². The van der Waals surface area contributed by atoms with E-state index in [4.69, 9.17) is 21.1 Å². The Morgan fingerprint density at radius 2 is 1.86 bits per heavy atom. The summed E-state index contributed by atoms with van der Waals surface area (Å²) in [7, 11) is 4.42. The molecule has 2 heterocycles. The molecule has 0 fully saturated rings. The van der Waals surface area contributed by atoms with Gasteiger partial charge >= 0.3 is 6.18 Å². The van der Waals surface area contributed by atoms with Crippen molar-refractivity contribution in [1.82, 2.24) is 19.5 Å². The minimum Gasteiger partial charge on any atom is -0.496 e. The lowest BCUT2D eigenvalue weighted by Gasteiger charge is -2.13. The minimum absolute atomic E-state index is 0.0662. The maximum Gasteiger partial charge on any atom is 0.434 e. The van der Waals surface area contributed by atoms with Crippen molar-refractivity contribution in [2.75, 3.05) is 19.5 Å². The molecule has 7 nitrogen and oxygen atoms in total. The van der Waals surface area contributed by atoms with Crippen molar-refractivity contribution >= 4 is 17.4 Å². The molecule has 154 valence electrons. The van der Waals surface area contributed by atoms with Crippen molar-refractivity contribution in [2.24, 2.45) is 7.05 Å². The first-order valence-corrected chi connectivity index (χ1v) is 8.69. The van der Waals surface area contributed by atoms with E-state index in [0.717, 1.165) is 11.8 Å². The highest BCUT2D eigenvalue weighted by molar-refractivity contribution is 6.28. The van der Waals surface area contributed by atoms with Crippen LogP contribution in [0.15, 0.2) is 30.6 Å². The predicted octanol–water partition coefficient (Wildman–Crippen LogP) is 4.18. The zero-order valence-electron chi connectivity index (χ0n) is 15.7. The monoisotopic (exact) mass is 427 g/mol. The first-order valence-electron chi connectivity index (χ1n) is 8.31. The van der Waals surface area contributed by atoms with Crippen molar-refractivity contribution in [3.05, 3.63) is 47.1 Å². The number of ether oxygens (including phenoxy) is 2. The molecule has 11 heteroatoms. The van der Waals surface area contributed by atoms with Crippen LogP contribution in [-0.4, -0.2) is 33.7 Å². The molecule has 0 spiro atoms. The lowest BCUT2D eigenvalue weighted by Crippen LogP contribution is -2.05. The van der Waals surface area contributed by atoms with E-state index in [0.29, 0.717) is 29.4 Å². The van der Waals surface area contributed by atoms with Crippen LogP contribution in [-0.2, 0) is 19.8 Å². The summed E-state index contributed by atoms with van der Waals surface area (Å²) in [5.74, 6) is 1.37. The number of imidazole rings is 1. The fourth-order valence-electron chi connectivity index (χ4n) is 2.69.